The van der Waals surface area contributed by atoms with Crippen LogP contribution in [-0.4, -0.2) is 27.3 Å². The molecule has 0 fully saturated rings. The van der Waals surface area contributed by atoms with Crippen LogP contribution in [0.2, 0.25) is 18.1 Å². The molecule has 2 atom stereocenters. The second-order valence-electron chi connectivity index (χ2n) is 7.87. The molecule has 0 N–H and O–H groups in total. The zero-order chi connectivity index (χ0) is 17.8. The largest absolute Gasteiger partial charge is 0.497 e. The molecule has 3 nitrogen and oxygen atoms in total. The molecule has 0 unspecified atom stereocenters. The Morgan fingerprint density at radius 2 is 1.70 bits per heavy atom. The minimum atomic E-state index is -1.93. The molecule has 1 aromatic rings. The lowest BCUT2D eigenvalue weighted by Crippen LogP contribution is -2.47. The summed E-state index contributed by atoms with van der Waals surface area (Å²) in [5.74, 6) is 0.920. The van der Waals surface area contributed by atoms with Crippen molar-refractivity contribution in [3.63, 3.8) is 0 Å². The van der Waals surface area contributed by atoms with Crippen LogP contribution in [0.5, 0.6) is 5.75 Å². The normalized spacial score (nSPS) is 15.1. The molecule has 0 saturated carbocycles. The van der Waals surface area contributed by atoms with E-state index in [1.807, 2.05) is 31.2 Å². The van der Waals surface area contributed by atoms with Crippen molar-refractivity contribution in [2.45, 2.75) is 65.3 Å². The number of hydrogen-bond donors (Lipinski definition) is 0. The van der Waals surface area contributed by atoms with Gasteiger partial charge >= 0.3 is 0 Å². The van der Waals surface area contributed by atoms with Gasteiger partial charge in [0, 0.05) is 5.92 Å². The molecule has 23 heavy (non-hydrogen) atoms. The summed E-state index contributed by atoms with van der Waals surface area (Å²) in [6.07, 6.45) is 0.666. The van der Waals surface area contributed by atoms with Crippen molar-refractivity contribution in [3.05, 3.63) is 29.8 Å². The van der Waals surface area contributed by atoms with E-state index >= 15 is 0 Å². The van der Waals surface area contributed by atoms with Gasteiger partial charge in [0.05, 0.1) is 13.2 Å². The van der Waals surface area contributed by atoms with E-state index in [2.05, 4.69) is 33.9 Å². The van der Waals surface area contributed by atoms with Gasteiger partial charge in [-0.3, -0.25) is 4.79 Å². The molecule has 1 aromatic carbocycles. The fourth-order valence-corrected chi connectivity index (χ4v) is 3.53. The van der Waals surface area contributed by atoms with E-state index < -0.39 is 8.32 Å². The fourth-order valence-electron chi connectivity index (χ4n) is 2.13. The first-order valence-electron chi connectivity index (χ1n) is 8.29. The SMILES string of the molecule is COc1ccc(C[C@H](O[Si](C)(C)C(C)(C)C)[C@@H](C)C(C)=O)cc1. The summed E-state index contributed by atoms with van der Waals surface area (Å²) in [4.78, 5) is 11.9. The van der Waals surface area contributed by atoms with Crippen molar-refractivity contribution < 1.29 is 14.0 Å². The zero-order valence-electron chi connectivity index (χ0n) is 15.9. The van der Waals surface area contributed by atoms with Crippen LogP contribution < -0.4 is 4.74 Å². The molecule has 4 heteroatoms. The van der Waals surface area contributed by atoms with Gasteiger partial charge in [-0.05, 0) is 49.2 Å². The average Bonchev–Trinajstić information content (AvgIpc) is 2.45. The molecule has 0 amide bonds. The molecule has 130 valence electrons. The van der Waals surface area contributed by atoms with Gasteiger partial charge in [-0.25, -0.2) is 0 Å². The molecule has 0 radical (unpaired) electrons. The summed E-state index contributed by atoms with van der Waals surface area (Å²) in [7, 11) is -0.262. The van der Waals surface area contributed by atoms with Gasteiger partial charge in [0.2, 0.25) is 0 Å². The van der Waals surface area contributed by atoms with Crippen molar-refractivity contribution in [2.24, 2.45) is 5.92 Å². The first kappa shape index (κ1) is 19.9. The highest BCUT2D eigenvalue weighted by atomic mass is 28.4. The second-order valence-corrected chi connectivity index (χ2v) is 12.6. The highest BCUT2D eigenvalue weighted by Crippen LogP contribution is 2.38. The summed E-state index contributed by atoms with van der Waals surface area (Å²) in [5, 5.41) is 0.127. The topological polar surface area (TPSA) is 35.5 Å². The molecule has 0 aromatic heterocycles. The monoisotopic (exact) mass is 336 g/mol. The molecule has 0 bridgehead atoms. The van der Waals surface area contributed by atoms with Crippen molar-refractivity contribution in [1.82, 2.24) is 0 Å². The summed E-state index contributed by atoms with van der Waals surface area (Å²) >= 11 is 0. The molecular formula is C19H32O3Si. The van der Waals surface area contributed by atoms with Crippen molar-refractivity contribution in [2.75, 3.05) is 7.11 Å². The van der Waals surface area contributed by atoms with E-state index in [-0.39, 0.29) is 22.8 Å². The maximum absolute atomic E-state index is 11.9. The molecule has 0 aliphatic carbocycles. The number of carbonyl (C=O) groups excluding carboxylic acids is 1. The number of Topliss-reactive ketones (excluding diaryl/α,β-unsaturated/α-hetero) is 1. The lowest BCUT2D eigenvalue weighted by Gasteiger charge is -2.40. The highest BCUT2D eigenvalue weighted by Gasteiger charge is 2.40. The molecule has 0 saturated heterocycles. The van der Waals surface area contributed by atoms with E-state index in [9.17, 15) is 4.79 Å². The predicted molar refractivity (Wildman–Crippen MR) is 98.6 cm³/mol. The first-order valence-corrected chi connectivity index (χ1v) is 11.2. The fraction of sp³-hybridized carbons (Fsp3) is 0.632. The molecule has 0 aliphatic heterocycles. The summed E-state index contributed by atoms with van der Waals surface area (Å²) in [6.45, 7) is 14.8. The van der Waals surface area contributed by atoms with E-state index in [4.69, 9.17) is 9.16 Å². The molecule has 0 heterocycles. The minimum Gasteiger partial charge on any atom is -0.497 e. The maximum atomic E-state index is 11.9. The number of ether oxygens (including phenoxy) is 1. The zero-order valence-corrected chi connectivity index (χ0v) is 16.9. The summed E-state index contributed by atoms with van der Waals surface area (Å²) in [5.41, 5.74) is 1.17. The van der Waals surface area contributed by atoms with Crippen LogP contribution in [0.3, 0.4) is 0 Å². The van der Waals surface area contributed by atoms with Gasteiger partial charge in [0.15, 0.2) is 8.32 Å². The van der Waals surface area contributed by atoms with Gasteiger partial charge in [0.1, 0.15) is 11.5 Å². The predicted octanol–water partition coefficient (Wildman–Crippen LogP) is 4.85. The lowest BCUT2D eigenvalue weighted by atomic mass is 9.95. The Balaban J connectivity index is 2.98. The number of rotatable bonds is 7. The first-order chi connectivity index (χ1) is 10.5. The molecule has 0 aliphatic rings. The van der Waals surface area contributed by atoms with Gasteiger partial charge in [-0.1, -0.05) is 39.8 Å². The number of benzene rings is 1. The standard InChI is InChI=1S/C19H32O3Si/c1-14(15(2)20)18(22-23(7,8)19(3,4)5)13-16-9-11-17(21-6)12-10-16/h9-12,14,18H,13H2,1-8H3/t14-,18-/m0/s1. The Bertz CT molecular complexity index is 514. The van der Waals surface area contributed by atoms with Crippen molar-refractivity contribution in [1.29, 1.82) is 0 Å². The number of ketones is 1. The van der Waals surface area contributed by atoms with E-state index in [0.29, 0.717) is 0 Å². The third kappa shape index (κ3) is 5.46. The Kier molecular flexibility index (Phi) is 6.60. The van der Waals surface area contributed by atoms with Crippen LogP contribution in [0.15, 0.2) is 24.3 Å². The van der Waals surface area contributed by atoms with Gasteiger partial charge < -0.3 is 9.16 Å². The Morgan fingerprint density at radius 3 is 2.09 bits per heavy atom. The third-order valence-electron chi connectivity index (χ3n) is 5.05. The van der Waals surface area contributed by atoms with Crippen LogP contribution in [0.4, 0.5) is 0 Å². The Labute approximate surface area is 142 Å². The number of carbonyl (C=O) groups is 1. The van der Waals surface area contributed by atoms with Crippen LogP contribution >= 0.6 is 0 Å². The van der Waals surface area contributed by atoms with Crippen LogP contribution in [-0.2, 0) is 15.6 Å². The number of hydrogen-bond acceptors (Lipinski definition) is 3. The average molecular weight is 337 g/mol. The minimum absolute atomic E-state index is 0.0817. The van der Waals surface area contributed by atoms with Crippen molar-refractivity contribution in [3.8, 4) is 5.75 Å². The van der Waals surface area contributed by atoms with Crippen LogP contribution in [0, 0.1) is 5.92 Å². The van der Waals surface area contributed by atoms with Crippen LogP contribution in [0.25, 0.3) is 0 Å². The lowest BCUT2D eigenvalue weighted by molar-refractivity contribution is -0.123. The Hall–Kier alpha value is -1.13. The third-order valence-corrected chi connectivity index (χ3v) is 9.55. The quantitative estimate of drug-likeness (QED) is 0.668. The maximum Gasteiger partial charge on any atom is 0.192 e. The van der Waals surface area contributed by atoms with Gasteiger partial charge in [0.25, 0.3) is 0 Å². The number of methoxy groups -OCH3 is 1. The highest BCUT2D eigenvalue weighted by molar-refractivity contribution is 6.74. The van der Waals surface area contributed by atoms with Crippen LogP contribution in [0.1, 0.15) is 40.2 Å². The summed E-state index contributed by atoms with van der Waals surface area (Å²) in [6, 6.07) is 8.01. The summed E-state index contributed by atoms with van der Waals surface area (Å²) < 4.78 is 11.8. The Morgan fingerprint density at radius 1 is 1.17 bits per heavy atom. The smallest absolute Gasteiger partial charge is 0.192 e. The molecule has 1 rings (SSSR count). The second kappa shape index (κ2) is 7.62. The van der Waals surface area contributed by atoms with Gasteiger partial charge in [-0.2, -0.15) is 0 Å². The van der Waals surface area contributed by atoms with E-state index in [1.54, 1.807) is 14.0 Å². The molecule has 0 spiro atoms. The molecular weight excluding hydrogens is 304 g/mol. The van der Waals surface area contributed by atoms with Crippen molar-refractivity contribution >= 4 is 14.1 Å². The van der Waals surface area contributed by atoms with E-state index in [1.165, 1.54) is 5.56 Å². The van der Waals surface area contributed by atoms with Gasteiger partial charge in [-0.15, -0.1) is 0 Å². The van der Waals surface area contributed by atoms with E-state index in [0.717, 1.165) is 12.2 Å².